The zero-order valence-electron chi connectivity index (χ0n) is 10.3. The van der Waals surface area contributed by atoms with Crippen LogP contribution >= 0.6 is 11.3 Å². The summed E-state index contributed by atoms with van der Waals surface area (Å²) in [4.78, 5) is 13.7. The molecule has 4 heteroatoms. The maximum atomic E-state index is 4.50. The Labute approximate surface area is 106 Å². The number of aromatic nitrogens is 2. The summed E-state index contributed by atoms with van der Waals surface area (Å²) in [5.41, 5.74) is 0. The summed E-state index contributed by atoms with van der Waals surface area (Å²) in [6, 6.07) is 2.22. The van der Waals surface area contributed by atoms with Gasteiger partial charge in [-0.2, -0.15) is 0 Å². The molecule has 0 saturated carbocycles. The van der Waals surface area contributed by atoms with Gasteiger partial charge in [0.1, 0.15) is 17.0 Å². The van der Waals surface area contributed by atoms with Crippen LogP contribution in [0.2, 0.25) is 0 Å². The highest BCUT2D eigenvalue weighted by Gasteiger charge is 2.20. The smallest absolute Gasteiger partial charge is 0.140 e. The molecule has 3 nitrogen and oxygen atoms in total. The molecule has 1 aliphatic heterocycles. The topological polar surface area (TPSA) is 29.0 Å². The van der Waals surface area contributed by atoms with Crippen LogP contribution in [0.3, 0.4) is 0 Å². The average Bonchev–Trinajstić information content (AvgIpc) is 2.68. The molecule has 90 valence electrons. The lowest BCUT2D eigenvalue weighted by Crippen LogP contribution is -2.34. The van der Waals surface area contributed by atoms with Crippen molar-refractivity contribution < 1.29 is 0 Å². The fourth-order valence-electron chi connectivity index (χ4n) is 2.60. The van der Waals surface area contributed by atoms with E-state index in [-0.39, 0.29) is 0 Å². The van der Waals surface area contributed by atoms with Crippen molar-refractivity contribution >= 4 is 27.4 Å². The SMILES string of the molecule is Cc1cc2c(N3CCC[C@H](C)C3)ncnc2s1. The van der Waals surface area contributed by atoms with Gasteiger partial charge in [0.05, 0.1) is 5.39 Å². The Morgan fingerprint density at radius 1 is 1.41 bits per heavy atom. The van der Waals surface area contributed by atoms with E-state index in [1.54, 1.807) is 17.7 Å². The minimum absolute atomic E-state index is 0.772. The molecule has 1 aliphatic rings. The van der Waals surface area contributed by atoms with Crippen molar-refractivity contribution in [1.29, 1.82) is 0 Å². The van der Waals surface area contributed by atoms with Crippen LogP contribution in [0, 0.1) is 12.8 Å². The Kier molecular flexibility index (Phi) is 2.74. The van der Waals surface area contributed by atoms with E-state index in [2.05, 4.69) is 34.8 Å². The maximum Gasteiger partial charge on any atom is 0.140 e. The van der Waals surface area contributed by atoms with Crippen molar-refractivity contribution in [2.45, 2.75) is 26.7 Å². The summed E-state index contributed by atoms with van der Waals surface area (Å²) < 4.78 is 0. The minimum atomic E-state index is 0.772. The number of fused-ring (bicyclic) bond motifs is 1. The zero-order chi connectivity index (χ0) is 11.8. The molecule has 1 atom stereocenters. The van der Waals surface area contributed by atoms with Gasteiger partial charge in [-0.1, -0.05) is 6.92 Å². The van der Waals surface area contributed by atoms with Gasteiger partial charge in [0.15, 0.2) is 0 Å². The normalized spacial score (nSPS) is 21.1. The van der Waals surface area contributed by atoms with E-state index in [1.807, 2.05) is 0 Å². The van der Waals surface area contributed by atoms with Crippen LogP contribution in [-0.4, -0.2) is 23.1 Å². The third-order valence-electron chi connectivity index (χ3n) is 3.39. The summed E-state index contributed by atoms with van der Waals surface area (Å²) >= 11 is 1.75. The van der Waals surface area contributed by atoms with E-state index in [4.69, 9.17) is 0 Å². The third kappa shape index (κ3) is 2.02. The molecule has 0 amide bonds. The molecule has 0 aliphatic carbocycles. The molecular weight excluding hydrogens is 230 g/mol. The quantitative estimate of drug-likeness (QED) is 0.774. The molecular formula is C13H17N3S. The van der Waals surface area contributed by atoms with Crippen LogP contribution in [0.4, 0.5) is 5.82 Å². The van der Waals surface area contributed by atoms with Crippen molar-refractivity contribution in [1.82, 2.24) is 9.97 Å². The summed E-state index contributed by atoms with van der Waals surface area (Å²) in [5, 5.41) is 1.23. The van der Waals surface area contributed by atoms with Gasteiger partial charge in [-0.25, -0.2) is 9.97 Å². The Balaban J connectivity index is 2.04. The number of hydrogen-bond acceptors (Lipinski definition) is 4. The predicted octanol–water partition coefficient (Wildman–Crippen LogP) is 3.24. The van der Waals surface area contributed by atoms with E-state index >= 15 is 0 Å². The highest BCUT2D eigenvalue weighted by Crippen LogP contribution is 2.31. The highest BCUT2D eigenvalue weighted by atomic mass is 32.1. The predicted molar refractivity (Wildman–Crippen MR) is 72.8 cm³/mol. The van der Waals surface area contributed by atoms with Crippen molar-refractivity contribution in [2.75, 3.05) is 18.0 Å². The molecule has 2 aromatic heterocycles. The van der Waals surface area contributed by atoms with Gasteiger partial charge >= 0.3 is 0 Å². The minimum Gasteiger partial charge on any atom is -0.356 e. The molecule has 0 spiro atoms. The van der Waals surface area contributed by atoms with Crippen molar-refractivity contribution in [3.05, 3.63) is 17.3 Å². The van der Waals surface area contributed by atoms with Crippen molar-refractivity contribution in [3.8, 4) is 0 Å². The Bertz CT molecular complexity index is 534. The first-order valence-electron chi connectivity index (χ1n) is 6.20. The average molecular weight is 247 g/mol. The molecule has 0 unspecified atom stereocenters. The molecule has 0 aromatic carbocycles. The first-order valence-corrected chi connectivity index (χ1v) is 7.02. The van der Waals surface area contributed by atoms with Gasteiger partial charge in [-0.3, -0.25) is 0 Å². The lowest BCUT2D eigenvalue weighted by molar-refractivity contribution is 0.445. The van der Waals surface area contributed by atoms with Gasteiger partial charge in [0, 0.05) is 18.0 Å². The van der Waals surface area contributed by atoms with Crippen molar-refractivity contribution in [2.24, 2.45) is 5.92 Å². The molecule has 1 fully saturated rings. The second-order valence-corrected chi connectivity index (χ2v) is 6.20. The molecule has 3 rings (SSSR count). The van der Waals surface area contributed by atoms with Gasteiger partial charge in [0.2, 0.25) is 0 Å². The van der Waals surface area contributed by atoms with E-state index in [0.29, 0.717) is 0 Å². The second-order valence-electron chi connectivity index (χ2n) is 4.97. The highest BCUT2D eigenvalue weighted by molar-refractivity contribution is 7.18. The van der Waals surface area contributed by atoms with Gasteiger partial charge in [-0.05, 0) is 31.7 Å². The van der Waals surface area contributed by atoms with E-state index < -0.39 is 0 Å². The summed E-state index contributed by atoms with van der Waals surface area (Å²) in [7, 11) is 0. The number of nitrogens with zero attached hydrogens (tertiary/aromatic N) is 3. The molecule has 2 aromatic rings. The maximum absolute atomic E-state index is 4.50. The largest absolute Gasteiger partial charge is 0.356 e. The number of aryl methyl sites for hydroxylation is 1. The Morgan fingerprint density at radius 3 is 3.12 bits per heavy atom. The summed E-state index contributed by atoms with van der Waals surface area (Å²) in [6.07, 6.45) is 4.32. The fourth-order valence-corrected chi connectivity index (χ4v) is 3.44. The molecule has 0 N–H and O–H groups in total. The van der Waals surface area contributed by atoms with Crippen LogP contribution in [0.5, 0.6) is 0 Å². The number of piperidine rings is 1. The van der Waals surface area contributed by atoms with Gasteiger partial charge in [0.25, 0.3) is 0 Å². The monoisotopic (exact) mass is 247 g/mol. The zero-order valence-corrected chi connectivity index (χ0v) is 11.1. The van der Waals surface area contributed by atoms with Crippen LogP contribution in [0.25, 0.3) is 10.2 Å². The number of thiophene rings is 1. The summed E-state index contributed by atoms with van der Waals surface area (Å²) in [5.74, 6) is 1.90. The van der Waals surface area contributed by atoms with Crippen molar-refractivity contribution in [3.63, 3.8) is 0 Å². The lowest BCUT2D eigenvalue weighted by Gasteiger charge is -2.32. The lowest BCUT2D eigenvalue weighted by atomic mass is 10.0. The first kappa shape index (κ1) is 11.0. The molecule has 0 bridgehead atoms. The van der Waals surface area contributed by atoms with Gasteiger partial charge < -0.3 is 4.90 Å². The number of anilines is 1. The molecule has 3 heterocycles. The third-order valence-corrected chi connectivity index (χ3v) is 4.35. The molecule has 1 saturated heterocycles. The number of rotatable bonds is 1. The molecule has 0 radical (unpaired) electrons. The number of hydrogen-bond donors (Lipinski definition) is 0. The first-order chi connectivity index (χ1) is 8.24. The fraction of sp³-hybridized carbons (Fsp3) is 0.538. The summed E-state index contributed by atoms with van der Waals surface area (Å²) in [6.45, 7) is 6.71. The van der Waals surface area contributed by atoms with Crippen LogP contribution < -0.4 is 4.90 Å². The van der Waals surface area contributed by atoms with Crippen LogP contribution in [-0.2, 0) is 0 Å². The van der Waals surface area contributed by atoms with E-state index in [0.717, 1.165) is 29.7 Å². The van der Waals surface area contributed by atoms with E-state index in [9.17, 15) is 0 Å². The van der Waals surface area contributed by atoms with Gasteiger partial charge in [-0.15, -0.1) is 11.3 Å². The Morgan fingerprint density at radius 2 is 2.29 bits per heavy atom. The Hall–Kier alpha value is -1.16. The van der Waals surface area contributed by atoms with E-state index in [1.165, 1.54) is 23.1 Å². The second kappa shape index (κ2) is 4.26. The van der Waals surface area contributed by atoms with Crippen LogP contribution in [0.1, 0.15) is 24.6 Å². The molecule has 17 heavy (non-hydrogen) atoms. The van der Waals surface area contributed by atoms with Crippen LogP contribution in [0.15, 0.2) is 12.4 Å². The standard InChI is InChI=1S/C13H17N3S/c1-9-4-3-5-16(7-9)12-11-6-10(2)17-13(11)15-8-14-12/h6,8-9H,3-5,7H2,1-2H3/t9-/m0/s1.